The van der Waals surface area contributed by atoms with Crippen molar-refractivity contribution in [2.45, 2.75) is 25.1 Å². The Kier molecular flexibility index (Phi) is 5.58. The van der Waals surface area contributed by atoms with Crippen LogP contribution < -0.4 is 10.5 Å². The van der Waals surface area contributed by atoms with Gasteiger partial charge in [0.25, 0.3) is 0 Å². The van der Waals surface area contributed by atoms with E-state index in [1.54, 1.807) is 0 Å². The molecule has 0 aliphatic rings. The van der Waals surface area contributed by atoms with Crippen LogP contribution in [0.15, 0.2) is 59.8 Å². The Hall–Kier alpha value is -2.80. The van der Waals surface area contributed by atoms with Gasteiger partial charge in [0.1, 0.15) is 5.75 Å². The lowest BCUT2D eigenvalue weighted by Crippen LogP contribution is -2.13. The van der Waals surface area contributed by atoms with Crippen LogP contribution in [0.4, 0.5) is 0 Å². The second-order valence-electron chi connectivity index (χ2n) is 5.92. The Morgan fingerprint density at radius 2 is 1.81 bits per heavy atom. The van der Waals surface area contributed by atoms with Gasteiger partial charge in [0, 0.05) is 11.3 Å². The number of carbonyl (C=O) groups excluding carboxylic acids is 1. The molecule has 0 fully saturated rings. The molecule has 26 heavy (non-hydrogen) atoms. The summed E-state index contributed by atoms with van der Waals surface area (Å²) < 4.78 is 7.61. The summed E-state index contributed by atoms with van der Waals surface area (Å²) in [5.41, 5.74) is 7.10. The number of hydrogen-bond donors (Lipinski definition) is 1. The van der Waals surface area contributed by atoms with Gasteiger partial charge in [-0.05, 0) is 50.2 Å². The first-order chi connectivity index (χ1) is 12.5. The van der Waals surface area contributed by atoms with Crippen molar-refractivity contribution in [3.63, 3.8) is 0 Å². The number of hydrogen-bond acceptors (Lipinski definition) is 5. The minimum Gasteiger partial charge on any atom is -0.491 e. The molecule has 1 amide bonds. The third-order valence-electron chi connectivity index (χ3n) is 3.48. The molecule has 0 radical (unpaired) electrons. The van der Waals surface area contributed by atoms with Crippen LogP contribution in [-0.4, -0.2) is 32.5 Å². The van der Waals surface area contributed by atoms with Gasteiger partial charge in [0.05, 0.1) is 11.9 Å². The smallest absolute Gasteiger partial charge is 0.227 e. The van der Waals surface area contributed by atoms with Crippen LogP contribution in [0, 0.1) is 0 Å². The lowest BCUT2D eigenvalue weighted by molar-refractivity contribution is -0.115. The Morgan fingerprint density at radius 3 is 2.42 bits per heavy atom. The van der Waals surface area contributed by atoms with E-state index in [0.29, 0.717) is 11.0 Å². The summed E-state index contributed by atoms with van der Waals surface area (Å²) in [6.45, 7) is 3.98. The second kappa shape index (κ2) is 8.05. The van der Waals surface area contributed by atoms with Crippen LogP contribution >= 0.6 is 11.8 Å². The van der Waals surface area contributed by atoms with E-state index in [1.807, 2.05) is 73.0 Å². The lowest BCUT2D eigenvalue weighted by Gasteiger charge is -2.12. The van der Waals surface area contributed by atoms with Gasteiger partial charge in [0.15, 0.2) is 11.0 Å². The van der Waals surface area contributed by atoms with Crippen LogP contribution in [0.5, 0.6) is 5.75 Å². The largest absolute Gasteiger partial charge is 0.491 e. The molecule has 1 aromatic heterocycles. The molecule has 0 saturated carbocycles. The number of rotatable bonds is 7. The summed E-state index contributed by atoms with van der Waals surface area (Å²) in [7, 11) is 0. The molecular weight excluding hydrogens is 348 g/mol. The molecule has 0 saturated heterocycles. The van der Waals surface area contributed by atoms with Gasteiger partial charge in [-0.25, -0.2) is 0 Å². The predicted octanol–water partition coefficient (Wildman–Crippen LogP) is 3.30. The average molecular weight is 368 g/mol. The number of primary amides is 1. The van der Waals surface area contributed by atoms with Gasteiger partial charge in [0.2, 0.25) is 5.91 Å². The Labute approximate surface area is 156 Å². The molecule has 2 aromatic carbocycles. The van der Waals surface area contributed by atoms with Crippen molar-refractivity contribution in [3.05, 3.63) is 54.6 Å². The minimum atomic E-state index is -0.394. The van der Waals surface area contributed by atoms with Gasteiger partial charge in [-0.15, -0.1) is 10.2 Å². The summed E-state index contributed by atoms with van der Waals surface area (Å²) in [6, 6.07) is 17.5. The summed E-state index contributed by atoms with van der Waals surface area (Å²) in [5.74, 6) is 1.25. The third kappa shape index (κ3) is 4.23. The highest BCUT2D eigenvalue weighted by atomic mass is 32.2. The molecule has 6 nitrogen and oxygen atoms in total. The maximum atomic E-state index is 11.2. The van der Waals surface area contributed by atoms with Gasteiger partial charge in [-0.3, -0.25) is 9.36 Å². The van der Waals surface area contributed by atoms with E-state index in [-0.39, 0.29) is 11.9 Å². The highest BCUT2D eigenvalue weighted by Gasteiger charge is 2.16. The van der Waals surface area contributed by atoms with Gasteiger partial charge >= 0.3 is 0 Å². The van der Waals surface area contributed by atoms with Crippen molar-refractivity contribution >= 4 is 17.7 Å². The van der Waals surface area contributed by atoms with Crippen LogP contribution in [-0.2, 0) is 4.79 Å². The number of nitrogens with two attached hydrogens (primary N) is 1. The average Bonchev–Trinajstić information content (AvgIpc) is 3.05. The van der Waals surface area contributed by atoms with Gasteiger partial charge < -0.3 is 10.5 Å². The maximum absolute atomic E-state index is 11.2. The van der Waals surface area contributed by atoms with Crippen LogP contribution in [0.1, 0.15) is 13.8 Å². The van der Waals surface area contributed by atoms with E-state index in [0.717, 1.165) is 17.0 Å². The highest BCUT2D eigenvalue weighted by molar-refractivity contribution is 7.99. The number of benzene rings is 2. The molecule has 0 aliphatic carbocycles. The number of aromatic nitrogens is 3. The maximum Gasteiger partial charge on any atom is 0.227 e. The second-order valence-corrected chi connectivity index (χ2v) is 6.87. The first kappa shape index (κ1) is 18.0. The number of nitrogens with zero attached hydrogens (tertiary/aromatic N) is 3. The van der Waals surface area contributed by atoms with Gasteiger partial charge in [-0.2, -0.15) is 0 Å². The molecule has 3 rings (SSSR count). The van der Waals surface area contributed by atoms with Gasteiger partial charge in [-0.1, -0.05) is 30.0 Å². The van der Waals surface area contributed by atoms with E-state index in [2.05, 4.69) is 10.2 Å². The van der Waals surface area contributed by atoms with Crippen molar-refractivity contribution < 1.29 is 9.53 Å². The number of amides is 1. The standard InChI is InChI=1S/C19H20N4O2S/c1-13(2)25-16-10-8-14(9-11-16)18-21-22-19(26-12-17(20)24)23(18)15-6-4-3-5-7-15/h3-11,13H,12H2,1-2H3,(H2,20,24). The monoisotopic (exact) mass is 368 g/mol. The molecule has 3 aromatic rings. The van der Waals surface area contributed by atoms with Crippen molar-refractivity contribution in [1.29, 1.82) is 0 Å². The number of ether oxygens (including phenoxy) is 1. The first-order valence-corrected chi connectivity index (χ1v) is 9.22. The highest BCUT2D eigenvalue weighted by Crippen LogP contribution is 2.29. The van der Waals surface area contributed by atoms with Crippen molar-refractivity contribution in [1.82, 2.24) is 14.8 Å². The zero-order chi connectivity index (χ0) is 18.5. The summed E-state index contributed by atoms with van der Waals surface area (Å²) >= 11 is 1.27. The molecule has 0 spiro atoms. The fraction of sp³-hybridized carbons (Fsp3) is 0.211. The molecule has 0 bridgehead atoms. The van der Waals surface area contributed by atoms with Crippen LogP contribution in [0.25, 0.3) is 17.1 Å². The van der Waals surface area contributed by atoms with Crippen molar-refractivity contribution in [3.8, 4) is 22.8 Å². The minimum absolute atomic E-state index is 0.116. The summed E-state index contributed by atoms with van der Waals surface area (Å²) in [6.07, 6.45) is 0.116. The van der Waals surface area contributed by atoms with Crippen molar-refractivity contribution in [2.24, 2.45) is 5.73 Å². The number of carbonyl (C=O) groups is 1. The van der Waals surface area contributed by atoms with Crippen LogP contribution in [0.3, 0.4) is 0 Å². The summed E-state index contributed by atoms with van der Waals surface area (Å²) in [4.78, 5) is 11.2. The molecule has 0 aliphatic heterocycles. The van der Waals surface area contributed by atoms with Crippen molar-refractivity contribution in [2.75, 3.05) is 5.75 Å². The predicted molar refractivity (Wildman–Crippen MR) is 102 cm³/mol. The zero-order valence-electron chi connectivity index (χ0n) is 14.6. The molecule has 7 heteroatoms. The van der Waals surface area contributed by atoms with E-state index in [1.165, 1.54) is 11.8 Å². The molecule has 0 unspecified atom stereocenters. The van der Waals surface area contributed by atoms with E-state index in [4.69, 9.17) is 10.5 Å². The number of thioether (sulfide) groups is 1. The first-order valence-electron chi connectivity index (χ1n) is 8.23. The van der Waals surface area contributed by atoms with E-state index < -0.39 is 5.91 Å². The third-order valence-corrected chi connectivity index (χ3v) is 4.43. The molecule has 0 atom stereocenters. The molecule has 134 valence electrons. The Morgan fingerprint density at radius 1 is 1.12 bits per heavy atom. The normalized spacial score (nSPS) is 10.9. The Bertz CT molecular complexity index is 876. The van der Waals surface area contributed by atoms with E-state index in [9.17, 15) is 4.79 Å². The SMILES string of the molecule is CC(C)Oc1ccc(-c2nnc(SCC(N)=O)n2-c2ccccc2)cc1. The van der Waals surface area contributed by atoms with Crippen LogP contribution in [0.2, 0.25) is 0 Å². The topological polar surface area (TPSA) is 83.0 Å². The number of para-hydroxylation sites is 1. The van der Waals surface area contributed by atoms with E-state index >= 15 is 0 Å². The Balaban J connectivity index is 2.00. The lowest BCUT2D eigenvalue weighted by atomic mass is 10.2. The fourth-order valence-electron chi connectivity index (χ4n) is 2.45. The molecular formula is C19H20N4O2S. The summed E-state index contributed by atoms with van der Waals surface area (Å²) in [5, 5.41) is 9.20. The zero-order valence-corrected chi connectivity index (χ0v) is 15.4. The molecule has 1 heterocycles. The quantitative estimate of drug-likeness (QED) is 0.647. The fourth-order valence-corrected chi connectivity index (χ4v) is 3.14. The molecule has 2 N–H and O–H groups in total.